The lowest BCUT2D eigenvalue weighted by Gasteiger charge is -2.16. The van der Waals surface area contributed by atoms with Crippen molar-refractivity contribution in [3.63, 3.8) is 0 Å². The number of hydrogen-bond donors (Lipinski definition) is 1. The SMILES string of the molecule is CCOC[C@@H]1CN(C(=O)c2ccc[nH]c2=O)C[C@H]1c1cnn(C)c1. The topological polar surface area (TPSA) is 80.2 Å². The molecule has 0 spiro atoms. The van der Waals surface area contributed by atoms with Crippen LogP contribution in [-0.4, -0.2) is 51.9 Å². The van der Waals surface area contributed by atoms with Crippen LogP contribution in [0.4, 0.5) is 0 Å². The third-order valence-electron chi connectivity index (χ3n) is 4.47. The molecular formula is C17H22N4O3. The number of likely N-dealkylation sites (tertiary alicyclic amines) is 1. The predicted octanol–water partition coefficient (Wildman–Crippen LogP) is 1.00. The molecule has 1 aliphatic heterocycles. The molecule has 3 heterocycles. The maximum Gasteiger partial charge on any atom is 0.260 e. The van der Waals surface area contributed by atoms with Crippen molar-refractivity contribution in [3.8, 4) is 0 Å². The van der Waals surface area contributed by atoms with Crippen LogP contribution in [0.2, 0.25) is 0 Å². The normalized spacial score (nSPS) is 20.5. The van der Waals surface area contributed by atoms with Crippen LogP contribution in [0.1, 0.15) is 28.8 Å². The van der Waals surface area contributed by atoms with Crippen LogP contribution in [0.3, 0.4) is 0 Å². The number of hydrogen-bond acceptors (Lipinski definition) is 4. The van der Waals surface area contributed by atoms with E-state index in [0.717, 1.165) is 5.56 Å². The van der Waals surface area contributed by atoms with Crippen LogP contribution in [0.25, 0.3) is 0 Å². The molecule has 0 unspecified atom stereocenters. The molecule has 0 bridgehead atoms. The first-order valence-electron chi connectivity index (χ1n) is 8.13. The molecule has 0 aliphatic carbocycles. The third-order valence-corrected chi connectivity index (χ3v) is 4.47. The third kappa shape index (κ3) is 3.26. The number of amides is 1. The number of nitrogens with zero attached hydrogens (tertiary/aromatic N) is 3. The molecule has 3 rings (SSSR count). The van der Waals surface area contributed by atoms with Crippen molar-refractivity contribution in [1.82, 2.24) is 19.7 Å². The van der Waals surface area contributed by atoms with Gasteiger partial charge in [-0.15, -0.1) is 0 Å². The summed E-state index contributed by atoms with van der Waals surface area (Å²) in [5.41, 5.74) is 0.924. The van der Waals surface area contributed by atoms with E-state index in [1.165, 1.54) is 6.20 Å². The lowest BCUT2D eigenvalue weighted by molar-refractivity contribution is 0.0761. The van der Waals surface area contributed by atoms with Crippen molar-refractivity contribution < 1.29 is 9.53 Å². The molecule has 1 fully saturated rings. The first kappa shape index (κ1) is 16.4. The Bertz CT molecular complexity index is 767. The number of aromatic amines is 1. The Morgan fingerprint density at radius 3 is 2.96 bits per heavy atom. The highest BCUT2D eigenvalue weighted by molar-refractivity contribution is 5.94. The van der Waals surface area contributed by atoms with E-state index in [9.17, 15) is 9.59 Å². The lowest BCUT2D eigenvalue weighted by atomic mass is 9.92. The first-order valence-corrected chi connectivity index (χ1v) is 8.13. The molecule has 2 atom stereocenters. The number of aromatic nitrogens is 3. The Kier molecular flexibility index (Phi) is 4.80. The van der Waals surface area contributed by atoms with E-state index in [0.29, 0.717) is 26.3 Å². The van der Waals surface area contributed by atoms with Gasteiger partial charge in [-0.3, -0.25) is 14.3 Å². The van der Waals surface area contributed by atoms with Gasteiger partial charge >= 0.3 is 0 Å². The lowest BCUT2D eigenvalue weighted by Crippen LogP contribution is -2.33. The van der Waals surface area contributed by atoms with Gasteiger partial charge in [0.25, 0.3) is 11.5 Å². The number of ether oxygens (including phenoxy) is 1. The van der Waals surface area contributed by atoms with E-state index >= 15 is 0 Å². The summed E-state index contributed by atoms with van der Waals surface area (Å²) in [6, 6.07) is 3.23. The molecule has 0 saturated carbocycles. The van der Waals surface area contributed by atoms with E-state index in [4.69, 9.17) is 4.74 Å². The van der Waals surface area contributed by atoms with Crippen LogP contribution in [0.5, 0.6) is 0 Å². The highest BCUT2D eigenvalue weighted by Gasteiger charge is 2.37. The van der Waals surface area contributed by atoms with Gasteiger partial charge in [0, 0.05) is 51.0 Å². The Morgan fingerprint density at radius 2 is 2.29 bits per heavy atom. The summed E-state index contributed by atoms with van der Waals surface area (Å²) in [6.07, 6.45) is 5.35. The van der Waals surface area contributed by atoms with Gasteiger partial charge in [-0.1, -0.05) is 0 Å². The number of aryl methyl sites for hydroxylation is 1. The number of pyridine rings is 1. The minimum Gasteiger partial charge on any atom is -0.381 e. The average Bonchev–Trinajstić information content (AvgIpc) is 3.19. The number of H-pyrrole nitrogens is 1. The van der Waals surface area contributed by atoms with Gasteiger partial charge in [0.2, 0.25) is 0 Å². The zero-order chi connectivity index (χ0) is 17.1. The molecule has 24 heavy (non-hydrogen) atoms. The van der Waals surface area contributed by atoms with Gasteiger partial charge in [-0.2, -0.15) is 5.10 Å². The summed E-state index contributed by atoms with van der Waals surface area (Å²) in [5, 5.41) is 4.24. The molecule has 1 saturated heterocycles. The second kappa shape index (κ2) is 7.00. The molecule has 7 heteroatoms. The molecule has 0 aromatic carbocycles. The summed E-state index contributed by atoms with van der Waals surface area (Å²) in [6.45, 7) is 4.33. The van der Waals surface area contributed by atoms with Gasteiger partial charge in [0.15, 0.2) is 0 Å². The number of rotatable bonds is 5. The smallest absolute Gasteiger partial charge is 0.260 e. The highest BCUT2D eigenvalue weighted by atomic mass is 16.5. The maximum absolute atomic E-state index is 12.7. The van der Waals surface area contributed by atoms with Gasteiger partial charge in [-0.05, 0) is 24.6 Å². The van der Waals surface area contributed by atoms with E-state index in [1.807, 2.05) is 26.4 Å². The fourth-order valence-electron chi connectivity index (χ4n) is 3.24. The highest BCUT2D eigenvalue weighted by Crippen LogP contribution is 2.33. The van der Waals surface area contributed by atoms with Gasteiger partial charge in [-0.25, -0.2) is 0 Å². The summed E-state index contributed by atoms with van der Waals surface area (Å²) < 4.78 is 7.36. The van der Waals surface area contributed by atoms with E-state index in [-0.39, 0.29) is 28.9 Å². The molecule has 128 valence electrons. The van der Waals surface area contributed by atoms with Gasteiger partial charge in [0.05, 0.1) is 12.8 Å². The Labute approximate surface area is 140 Å². The van der Waals surface area contributed by atoms with Crippen LogP contribution < -0.4 is 5.56 Å². The van der Waals surface area contributed by atoms with E-state index in [1.54, 1.807) is 21.7 Å². The molecule has 0 radical (unpaired) electrons. The second-order valence-electron chi connectivity index (χ2n) is 6.10. The Morgan fingerprint density at radius 1 is 1.46 bits per heavy atom. The largest absolute Gasteiger partial charge is 0.381 e. The maximum atomic E-state index is 12.7. The minimum absolute atomic E-state index is 0.164. The van der Waals surface area contributed by atoms with Crippen molar-refractivity contribution in [3.05, 3.63) is 52.2 Å². The molecular weight excluding hydrogens is 308 g/mol. The summed E-state index contributed by atoms with van der Waals surface area (Å²) in [5.74, 6) is 0.127. The van der Waals surface area contributed by atoms with Crippen molar-refractivity contribution in [2.75, 3.05) is 26.3 Å². The molecule has 2 aromatic rings. The zero-order valence-electron chi connectivity index (χ0n) is 13.9. The van der Waals surface area contributed by atoms with Crippen molar-refractivity contribution in [2.24, 2.45) is 13.0 Å². The zero-order valence-corrected chi connectivity index (χ0v) is 13.9. The fourth-order valence-corrected chi connectivity index (χ4v) is 3.24. The number of carbonyl (C=O) groups is 1. The van der Waals surface area contributed by atoms with Crippen molar-refractivity contribution in [2.45, 2.75) is 12.8 Å². The van der Waals surface area contributed by atoms with Gasteiger partial charge in [0.1, 0.15) is 5.56 Å². The summed E-state index contributed by atoms with van der Waals surface area (Å²) in [4.78, 5) is 28.9. The van der Waals surface area contributed by atoms with E-state index in [2.05, 4.69) is 10.1 Å². The molecule has 1 amide bonds. The monoisotopic (exact) mass is 330 g/mol. The van der Waals surface area contributed by atoms with Crippen molar-refractivity contribution >= 4 is 5.91 Å². The molecule has 2 aromatic heterocycles. The van der Waals surface area contributed by atoms with Crippen molar-refractivity contribution in [1.29, 1.82) is 0 Å². The van der Waals surface area contributed by atoms with Gasteiger partial charge < -0.3 is 14.6 Å². The first-order chi connectivity index (χ1) is 11.6. The number of nitrogens with one attached hydrogen (secondary N) is 1. The van der Waals surface area contributed by atoms with Crippen LogP contribution >= 0.6 is 0 Å². The Hall–Kier alpha value is -2.41. The second-order valence-corrected chi connectivity index (χ2v) is 6.10. The molecule has 7 nitrogen and oxygen atoms in total. The average molecular weight is 330 g/mol. The predicted molar refractivity (Wildman–Crippen MR) is 88.9 cm³/mol. The molecule has 1 aliphatic rings. The Balaban J connectivity index is 1.82. The fraction of sp³-hybridized carbons (Fsp3) is 0.471. The quantitative estimate of drug-likeness (QED) is 0.887. The standard InChI is InChI=1S/C17H22N4O3/c1-3-24-11-13-9-21(10-15(13)12-7-19-20(2)8-12)17(23)14-5-4-6-18-16(14)22/h4-8,13,15H,3,9-11H2,1-2H3,(H,18,22)/t13-,15-/m0/s1. The van der Waals surface area contributed by atoms with E-state index < -0.39 is 0 Å². The minimum atomic E-state index is -0.353. The summed E-state index contributed by atoms with van der Waals surface area (Å²) >= 11 is 0. The molecule has 1 N–H and O–H groups in total. The van der Waals surface area contributed by atoms with Crippen LogP contribution in [0, 0.1) is 5.92 Å². The van der Waals surface area contributed by atoms with Crippen LogP contribution in [-0.2, 0) is 11.8 Å². The summed E-state index contributed by atoms with van der Waals surface area (Å²) in [7, 11) is 1.88. The van der Waals surface area contributed by atoms with Crippen LogP contribution in [0.15, 0.2) is 35.5 Å². The number of carbonyl (C=O) groups excluding carboxylic acids is 1.